The third kappa shape index (κ3) is 4.30. The summed E-state index contributed by atoms with van der Waals surface area (Å²) in [5.74, 6) is -0.461. The van der Waals surface area contributed by atoms with Gasteiger partial charge in [-0.05, 0) is 69.5 Å². The van der Waals surface area contributed by atoms with Crippen molar-refractivity contribution in [3.05, 3.63) is 91.9 Å². The molecule has 0 bridgehead atoms. The van der Waals surface area contributed by atoms with Crippen molar-refractivity contribution in [1.29, 1.82) is 0 Å². The summed E-state index contributed by atoms with van der Waals surface area (Å²) >= 11 is 6.62. The smallest absolute Gasteiger partial charge is 0.416 e. The third-order valence-electron chi connectivity index (χ3n) is 4.18. The van der Waals surface area contributed by atoms with Gasteiger partial charge in [0.15, 0.2) is 0 Å². The van der Waals surface area contributed by atoms with Gasteiger partial charge in [0.2, 0.25) is 0 Å². The predicted molar refractivity (Wildman–Crippen MR) is 104 cm³/mol. The van der Waals surface area contributed by atoms with E-state index in [9.17, 15) is 23.4 Å². The first-order chi connectivity index (χ1) is 12.7. The van der Waals surface area contributed by atoms with Gasteiger partial charge in [0.25, 0.3) is 0 Å². The Morgan fingerprint density at radius 3 is 1.93 bits per heavy atom. The minimum atomic E-state index is -4.42. The Balaban J connectivity index is 2.18. The van der Waals surface area contributed by atoms with E-state index in [-0.39, 0.29) is 11.5 Å². The molecule has 0 aliphatic heterocycles. The molecule has 1 unspecified atom stereocenters. The molecular weight excluding hydrogens is 489 g/mol. The molecule has 0 aliphatic carbocycles. The maximum absolute atomic E-state index is 12.9. The standard InChI is InChI=1S/C20H13Br2F3O2/c21-14-6-8-17(26)15(10-14)19(12-3-7-18(27)16(22)9-12)11-1-4-13(5-2-11)20(23,24)25/h1-10,19,26-27H. The quantitative estimate of drug-likeness (QED) is 0.386. The van der Waals surface area contributed by atoms with Crippen LogP contribution in [-0.2, 0) is 6.18 Å². The molecule has 0 amide bonds. The van der Waals surface area contributed by atoms with E-state index in [1.165, 1.54) is 24.3 Å². The molecule has 3 aromatic rings. The summed E-state index contributed by atoms with van der Waals surface area (Å²) in [6.45, 7) is 0. The van der Waals surface area contributed by atoms with Crippen LogP contribution in [0.25, 0.3) is 0 Å². The Hall–Kier alpha value is -1.99. The average Bonchev–Trinajstić information content (AvgIpc) is 2.61. The van der Waals surface area contributed by atoms with Crippen LogP contribution in [0.2, 0.25) is 0 Å². The zero-order valence-corrected chi connectivity index (χ0v) is 16.8. The summed E-state index contributed by atoms with van der Waals surface area (Å²) in [6, 6.07) is 14.6. The molecule has 2 nitrogen and oxygen atoms in total. The van der Waals surface area contributed by atoms with Crippen LogP contribution in [-0.4, -0.2) is 10.2 Å². The summed E-state index contributed by atoms with van der Waals surface area (Å²) in [6.07, 6.45) is -4.42. The van der Waals surface area contributed by atoms with Crippen molar-refractivity contribution in [3.63, 3.8) is 0 Å². The molecular formula is C20H13Br2F3O2. The lowest BCUT2D eigenvalue weighted by molar-refractivity contribution is -0.137. The molecule has 3 aromatic carbocycles. The highest BCUT2D eigenvalue weighted by Gasteiger charge is 2.30. The first kappa shape index (κ1) is 19.8. The zero-order chi connectivity index (χ0) is 19.8. The average molecular weight is 502 g/mol. The topological polar surface area (TPSA) is 40.5 Å². The zero-order valence-electron chi connectivity index (χ0n) is 13.6. The van der Waals surface area contributed by atoms with Gasteiger partial charge in [-0.25, -0.2) is 0 Å². The van der Waals surface area contributed by atoms with Crippen molar-refractivity contribution >= 4 is 31.9 Å². The number of alkyl halides is 3. The molecule has 140 valence electrons. The van der Waals surface area contributed by atoms with E-state index in [1.54, 1.807) is 24.3 Å². The fourth-order valence-electron chi connectivity index (χ4n) is 2.88. The monoisotopic (exact) mass is 500 g/mol. The van der Waals surface area contributed by atoms with Crippen molar-refractivity contribution in [3.8, 4) is 11.5 Å². The van der Waals surface area contributed by atoms with Gasteiger partial charge in [-0.3, -0.25) is 0 Å². The molecule has 0 spiro atoms. The van der Waals surface area contributed by atoms with E-state index in [1.807, 2.05) is 0 Å². The van der Waals surface area contributed by atoms with E-state index in [0.717, 1.165) is 16.6 Å². The number of phenolic OH excluding ortho intramolecular Hbond substituents is 2. The molecule has 0 aromatic heterocycles. The van der Waals surface area contributed by atoms with Gasteiger partial charge < -0.3 is 10.2 Å². The fraction of sp³-hybridized carbons (Fsp3) is 0.100. The molecule has 7 heteroatoms. The van der Waals surface area contributed by atoms with Crippen molar-refractivity contribution < 1.29 is 23.4 Å². The molecule has 0 aliphatic rings. The Bertz CT molecular complexity index is 970. The van der Waals surface area contributed by atoms with Crippen LogP contribution in [0.15, 0.2) is 69.6 Å². The first-order valence-corrected chi connectivity index (χ1v) is 9.39. The molecule has 0 radical (unpaired) electrons. The largest absolute Gasteiger partial charge is 0.508 e. The molecule has 0 heterocycles. The van der Waals surface area contributed by atoms with Gasteiger partial charge in [0.05, 0.1) is 10.0 Å². The lowest BCUT2D eigenvalue weighted by Gasteiger charge is -2.21. The van der Waals surface area contributed by atoms with Crippen molar-refractivity contribution in [2.45, 2.75) is 12.1 Å². The van der Waals surface area contributed by atoms with Gasteiger partial charge in [-0.15, -0.1) is 0 Å². The Labute approximate surface area is 170 Å². The molecule has 1 atom stereocenters. The second kappa shape index (κ2) is 7.56. The fourth-order valence-corrected chi connectivity index (χ4v) is 3.65. The van der Waals surface area contributed by atoms with Gasteiger partial charge >= 0.3 is 6.18 Å². The lowest BCUT2D eigenvalue weighted by atomic mass is 9.84. The van der Waals surface area contributed by atoms with Crippen LogP contribution in [0.4, 0.5) is 13.2 Å². The Morgan fingerprint density at radius 2 is 1.33 bits per heavy atom. The Kier molecular flexibility index (Phi) is 5.53. The lowest BCUT2D eigenvalue weighted by Crippen LogP contribution is -2.07. The van der Waals surface area contributed by atoms with Gasteiger partial charge in [-0.2, -0.15) is 13.2 Å². The highest BCUT2D eigenvalue weighted by Crippen LogP contribution is 2.41. The van der Waals surface area contributed by atoms with Gasteiger partial charge in [0, 0.05) is 16.0 Å². The SMILES string of the molecule is Oc1ccc(C(c2ccc(C(F)(F)F)cc2)c2cc(Br)ccc2O)cc1Br. The molecule has 3 rings (SSSR count). The van der Waals surface area contributed by atoms with Gasteiger partial charge in [-0.1, -0.05) is 34.1 Å². The van der Waals surface area contributed by atoms with Crippen LogP contribution in [0.1, 0.15) is 28.2 Å². The first-order valence-electron chi connectivity index (χ1n) is 7.81. The summed E-state index contributed by atoms with van der Waals surface area (Å²) in [4.78, 5) is 0. The van der Waals surface area contributed by atoms with Crippen LogP contribution in [0.3, 0.4) is 0 Å². The molecule has 0 saturated heterocycles. The number of aromatic hydroxyl groups is 2. The minimum absolute atomic E-state index is 0.0206. The molecule has 0 saturated carbocycles. The normalized spacial score (nSPS) is 12.8. The second-order valence-electron chi connectivity index (χ2n) is 5.97. The Morgan fingerprint density at radius 1 is 0.741 bits per heavy atom. The van der Waals surface area contributed by atoms with Gasteiger partial charge in [0.1, 0.15) is 11.5 Å². The van der Waals surface area contributed by atoms with E-state index < -0.39 is 17.7 Å². The number of benzene rings is 3. The summed E-state index contributed by atoms with van der Waals surface area (Å²) < 4.78 is 39.9. The maximum Gasteiger partial charge on any atom is 0.416 e. The number of hydrogen-bond donors (Lipinski definition) is 2. The van der Waals surface area contributed by atoms with Crippen LogP contribution in [0, 0.1) is 0 Å². The molecule has 2 N–H and O–H groups in total. The maximum atomic E-state index is 12.9. The van der Waals surface area contributed by atoms with E-state index in [2.05, 4.69) is 31.9 Å². The van der Waals surface area contributed by atoms with Crippen molar-refractivity contribution in [1.82, 2.24) is 0 Å². The summed E-state index contributed by atoms with van der Waals surface area (Å²) in [5.41, 5.74) is 1.07. The van der Waals surface area contributed by atoms with Crippen LogP contribution < -0.4 is 0 Å². The number of rotatable bonds is 3. The van der Waals surface area contributed by atoms with Crippen LogP contribution in [0.5, 0.6) is 11.5 Å². The second-order valence-corrected chi connectivity index (χ2v) is 7.74. The van der Waals surface area contributed by atoms with Crippen molar-refractivity contribution in [2.75, 3.05) is 0 Å². The number of phenols is 2. The third-order valence-corrected chi connectivity index (χ3v) is 5.31. The highest BCUT2D eigenvalue weighted by atomic mass is 79.9. The summed E-state index contributed by atoms with van der Waals surface area (Å²) in [7, 11) is 0. The van der Waals surface area contributed by atoms with Crippen molar-refractivity contribution in [2.24, 2.45) is 0 Å². The highest BCUT2D eigenvalue weighted by molar-refractivity contribution is 9.10. The number of hydrogen-bond acceptors (Lipinski definition) is 2. The minimum Gasteiger partial charge on any atom is -0.508 e. The van der Waals surface area contributed by atoms with E-state index in [0.29, 0.717) is 21.2 Å². The number of halogens is 5. The summed E-state index contributed by atoms with van der Waals surface area (Å²) in [5, 5.41) is 20.1. The molecule has 0 fully saturated rings. The van der Waals surface area contributed by atoms with E-state index in [4.69, 9.17) is 0 Å². The predicted octanol–water partition coefficient (Wildman–Crippen LogP) is 6.82. The van der Waals surface area contributed by atoms with Crippen LogP contribution >= 0.6 is 31.9 Å². The van der Waals surface area contributed by atoms with E-state index >= 15 is 0 Å². The molecule has 27 heavy (non-hydrogen) atoms.